The van der Waals surface area contributed by atoms with Crippen LogP contribution < -0.4 is 11.1 Å². The van der Waals surface area contributed by atoms with E-state index in [1.807, 2.05) is 32.9 Å². The summed E-state index contributed by atoms with van der Waals surface area (Å²) in [6, 6.07) is 8.18. The molecule has 0 aromatic heterocycles. The molecular formula is C21H33N3O2Sn. The summed E-state index contributed by atoms with van der Waals surface area (Å²) in [5, 5.41) is 3.19. The zero-order chi connectivity index (χ0) is 19.9. The third kappa shape index (κ3) is 7.01. The van der Waals surface area contributed by atoms with Crippen molar-refractivity contribution in [3.8, 4) is 0 Å². The number of rotatable bonds is 6. The molecule has 2 rings (SSSR count). The molecule has 0 saturated heterocycles. The van der Waals surface area contributed by atoms with Gasteiger partial charge in [0.25, 0.3) is 0 Å². The summed E-state index contributed by atoms with van der Waals surface area (Å²) < 4.78 is 7.58. The molecule has 1 aliphatic carbocycles. The first-order valence-corrected chi connectivity index (χ1v) is 13.4. The molecule has 1 amide bonds. The Kier molecular flexibility index (Phi) is 8.01. The first-order chi connectivity index (χ1) is 12.7. The average Bonchev–Trinajstić information content (AvgIpc) is 2.59. The van der Waals surface area contributed by atoms with Gasteiger partial charge < -0.3 is 0 Å². The van der Waals surface area contributed by atoms with Crippen LogP contribution in [-0.4, -0.2) is 36.7 Å². The normalized spacial score (nSPS) is 17.4. The summed E-state index contributed by atoms with van der Waals surface area (Å²) in [6.45, 7) is 7.85. The van der Waals surface area contributed by atoms with Gasteiger partial charge in [-0.25, -0.2) is 0 Å². The molecule has 0 atom stereocenters. The molecule has 148 valence electrons. The van der Waals surface area contributed by atoms with E-state index in [9.17, 15) is 4.79 Å². The first kappa shape index (κ1) is 22.1. The second-order valence-electron chi connectivity index (χ2n) is 8.24. The minimum atomic E-state index is -0.741. The summed E-state index contributed by atoms with van der Waals surface area (Å²) in [4.78, 5) is 17.2. The Morgan fingerprint density at radius 2 is 2.00 bits per heavy atom. The topological polar surface area (TPSA) is 76.7 Å². The van der Waals surface area contributed by atoms with Crippen LogP contribution in [-0.2, 0) is 10.3 Å². The molecule has 1 aromatic carbocycles. The van der Waals surface area contributed by atoms with Gasteiger partial charge in [0.2, 0.25) is 0 Å². The number of carbonyl (C=O) groups excluding carboxylic acids is 1. The average molecular weight is 478 g/mol. The number of alkyl carbamates (subject to hydrolysis) is 1. The van der Waals surface area contributed by atoms with Gasteiger partial charge in [-0.1, -0.05) is 0 Å². The van der Waals surface area contributed by atoms with Crippen LogP contribution in [0.5, 0.6) is 0 Å². The van der Waals surface area contributed by atoms with E-state index in [2.05, 4.69) is 29.4 Å². The number of aliphatic imine (C=N–C) groups is 1. The van der Waals surface area contributed by atoms with Gasteiger partial charge in [-0.2, -0.15) is 0 Å². The van der Waals surface area contributed by atoms with Crippen LogP contribution in [0.3, 0.4) is 0 Å². The quantitative estimate of drug-likeness (QED) is 0.349. The summed E-state index contributed by atoms with van der Waals surface area (Å²) in [6.07, 6.45) is 6.04. The van der Waals surface area contributed by atoms with Crippen LogP contribution in [0.25, 0.3) is 0 Å². The van der Waals surface area contributed by atoms with Crippen molar-refractivity contribution in [2.75, 3.05) is 0 Å². The maximum atomic E-state index is 12.5. The Bertz CT molecular complexity index is 662. The summed E-state index contributed by atoms with van der Waals surface area (Å²) >= 11 is -0.741. The Morgan fingerprint density at radius 3 is 2.63 bits per heavy atom. The molecule has 27 heavy (non-hydrogen) atoms. The van der Waals surface area contributed by atoms with Crippen molar-refractivity contribution in [2.45, 2.75) is 81.8 Å². The molecule has 5 nitrogen and oxygen atoms in total. The van der Waals surface area contributed by atoms with Gasteiger partial charge in [0, 0.05) is 0 Å². The van der Waals surface area contributed by atoms with Crippen LogP contribution in [0.15, 0.2) is 29.3 Å². The summed E-state index contributed by atoms with van der Waals surface area (Å²) in [5.41, 5.74) is 7.23. The van der Waals surface area contributed by atoms with Gasteiger partial charge in [0.15, 0.2) is 0 Å². The maximum absolute atomic E-state index is 12.5. The molecular weight excluding hydrogens is 445 g/mol. The fourth-order valence-corrected chi connectivity index (χ4v) is 5.48. The van der Waals surface area contributed by atoms with Crippen LogP contribution in [0, 0.1) is 0 Å². The molecule has 1 saturated carbocycles. The second-order valence-corrected chi connectivity index (χ2v) is 12.1. The van der Waals surface area contributed by atoms with Crippen molar-refractivity contribution in [1.29, 1.82) is 0 Å². The van der Waals surface area contributed by atoms with Crippen LogP contribution in [0.2, 0.25) is 4.44 Å². The number of hydrogen-bond donors (Lipinski definition) is 2. The van der Waals surface area contributed by atoms with Crippen LogP contribution in [0.1, 0.15) is 71.8 Å². The van der Waals surface area contributed by atoms with E-state index in [1.54, 1.807) is 0 Å². The van der Waals surface area contributed by atoms with Crippen molar-refractivity contribution in [3.05, 3.63) is 29.8 Å². The van der Waals surface area contributed by atoms with Gasteiger partial charge in [-0.15, -0.1) is 0 Å². The van der Waals surface area contributed by atoms with E-state index in [0.717, 1.165) is 40.8 Å². The van der Waals surface area contributed by atoms with Gasteiger partial charge in [0.05, 0.1) is 0 Å². The molecule has 1 aliphatic rings. The summed E-state index contributed by atoms with van der Waals surface area (Å²) in [7, 11) is 0. The Hall–Kier alpha value is -1.24. The predicted molar refractivity (Wildman–Crippen MR) is 113 cm³/mol. The molecule has 1 aromatic rings. The number of nitrogens with two attached hydrogens (primary N) is 1. The fourth-order valence-electron chi connectivity index (χ4n) is 3.44. The number of hydrogen-bond acceptors (Lipinski definition) is 3. The number of benzene rings is 1. The molecule has 3 N–H and O–H groups in total. The van der Waals surface area contributed by atoms with E-state index < -0.39 is 26.7 Å². The van der Waals surface area contributed by atoms with Gasteiger partial charge in [-0.3, -0.25) is 0 Å². The van der Waals surface area contributed by atoms with E-state index in [-0.39, 0.29) is 11.6 Å². The van der Waals surface area contributed by atoms with Crippen molar-refractivity contribution >= 4 is 36.8 Å². The molecule has 1 fully saturated rings. The van der Waals surface area contributed by atoms with Crippen molar-refractivity contribution in [1.82, 2.24) is 5.32 Å². The molecule has 2 radical (unpaired) electrons. The predicted octanol–water partition coefficient (Wildman–Crippen LogP) is 4.85. The van der Waals surface area contributed by atoms with Gasteiger partial charge >= 0.3 is 174 Å². The summed E-state index contributed by atoms with van der Waals surface area (Å²) in [5.74, 6) is 0. The first-order valence-electron chi connectivity index (χ1n) is 9.94. The molecule has 0 aliphatic heterocycles. The molecule has 0 unspecified atom stereocenters. The SMILES string of the molecule is CC[CH2][Sn][C](N)=Nc1cccc(C2(NC(=O)OC(C)(C)C)CCCCC2)c1. The zero-order valence-electron chi connectivity index (χ0n) is 17.1. The number of amidine groups is 1. The number of amides is 1. The standard InChI is InChI=1S/C18H26N3O2.C3H7.Sn/c1-17(2,3)23-16(22)21-18(10-5-4-6-11-18)14-8-7-9-15(12-14)20-13-19;1-3-2;/h7-9,12H,4-6,10-11H2,1-3H3,(H2,19,20)(H,21,22);1,3H2,2H3;. The van der Waals surface area contributed by atoms with E-state index >= 15 is 0 Å². The van der Waals surface area contributed by atoms with Crippen molar-refractivity contribution in [2.24, 2.45) is 10.7 Å². The number of nitrogens with one attached hydrogen (secondary N) is 1. The number of ether oxygens (including phenoxy) is 1. The molecule has 0 spiro atoms. The Labute approximate surface area is 173 Å². The third-order valence-electron chi connectivity index (χ3n) is 4.65. The van der Waals surface area contributed by atoms with Gasteiger partial charge in [0.1, 0.15) is 0 Å². The molecule has 0 bridgehead atoms. The Morgan fingerprint density at radius 1 is 1.30 bits per heavy atom. The second kappa shape index (κ2) is 9.80. The van der Waals surface area contributed by atoms with Gasteiger partial charge in [-0.05, 0) is 0 Å². The van der Waals surface area contributed by atoms with Crippen LogP contribution in [0.4, 0.5) is 10.5 Å². The van der Waals surface area contributed by atoms with Crippen molar-refractivity contribution in [3.63, 3.8) is 0 Å². The molecule has 0 heterocycles. The van der Waals surface area contributed by atoms with E-state index in [1.165, 1.54) is 17.3 Å². The zero-order valence-corrected chi connectivity index (χ0v) is 20.0. The molecule has 6 heteroatoms. The number of nitrogens with zero attached hydrogens (tertiary/aromatic N) is 1. The number of carbonyl (C=O) groups is 1. The van der Waals surface area contributed by atoms with Crippen LogP contribution >= 0.6 is 0 Å². The minimum absolute atomic E-state index is 0.352. The fraction of sp³-hybridized carbons (Fsp3) is 0.619. The van der Waals surface area contributed by atoms with E-state index in [4.69, 9.17) is 10.5 Å². The monoisotopic (exact) mass is 479 g/mol. The van der Waals surface area contributed by atoms with E-state index in [0.29, 0.717) is 0 Å². The third-order valence-corrected chi connectivity index (χ3v) is 8.15. The van der Waals surface area contributed by atoms with Crippen molar-refractivity contribution < 1.29 is 9.53 Å². The Balaban J connectivity index is 2.26.